The van der Waals surface area contributed by atoms with Crippen molar-refractivity contribution in [3.63, 3.8) is 0 Å². The minimum atomic E-state index is -3.68. The molecule has 5 fully saturated rings. The van der Waals surface area contributed by atoms with E-state index in [1.165, 1.54) is 30.4 Å². The van der Waals surface area contributed by atoms with E-state index in [2.05, 4.69) is 38.3 Å². The molecule has 9 rings (SSSR count). The molecule has 4 atom stereocenters. The Morgan fingerprint density at radius 2 is 1.68 bits per heavy atom. The first-order valence-electron chi connectivity index (χ1n) is 17.6. The van der Waals surface area contributed by atoms with Gasteiger partial charge in [-0.15, -0.1) is 0 Å². The first-order valence-corrected chi connectivity index (χ1v) is 19.1. The molecule has 1 N–H and O–H groups in total. The Kier molecular flexibility index (Phi) is 6.69. The molecule has 3 saturated carbocycles. The van der Waals surface area contributed by atoms with E-state index in [0.717, 1.165) is 73.1 Å². The van der Waals surface area contributed by atoms with Crippen LogP contribution in [0.1, 0.15) is 97.5 Å². The van der Waals surface area contributed by atoms with E-state index in [1.54, 1.807) is 13.2 Å². The van der Waals surface area contributed by atoms with Crippen molar-refractivity contribution < 1.29 is 22.7 Å². The van der Waals surface area contributed by atoms with Crippen molar-refractivity contribution in [3.8, 4) is 17.0 Å². The highest BCUT2D eigenvalue weighted by Crippen LogP contribution is 2.66. The maximum atomic E-state index is 14.8. The van der Waals surface area contributed by atoms with Gasteiger partial charge in [0.25, 0.3) is 5.91 Å². The van der Waals surface area contributed by atoms with Crippen molar-refractivity contribution >= 4 is 32.7 Å². The quantitative estimate of drug-likeness (QED) is 0.383. The van der Waals surface area contributed by atoms with E-state index in [0.29, 0.717) is 43.0 Å². The number of nitrogens with zero attached hydrogens (tertiary/aromatic N) is 3. The molecule has 2 saturated heterocycles. The number of methoxy groups -OCH3 is 1. The number of hydrogen-bond donors (Lipinski definition) is 1. The normalized spacial score (nSPS) is 28.7. The SMILES string of the molecule is COc1ccc2c(c1)C1CC1(C(=O)N1CC3CCC(C1)N3C)Cn1c-2c(C2CCCCC2)c2ccc(C(=O)NS(=O)(=O)C3CC3)cc21. The summed E-state index contributed by atoms with van der Waals surface area (Å²) in [6, 6.07) is 12.9. The molecule has 2 aromatic carbocycles. The van der Waals surface area contributed by atoms with Crippen molar-refractivity contribution in [2.24, 2.45) is 5.41 Å². The van der Waals surface area contributed by atoms with E-state index >= 15 is 0 Å². The lowest BCUT2D eigenvalue weighted by Gasteiger charge is -2.40. The van der Waals surface area contributed by atoms with E-state index in [-0.39, 0.29) is 11.8 Å². The molecule has 4 heterocycles. The predicted molar refractivity (Wildman–Crippen MR) is 180 cm³/mol. The number of likely N-dealkylation sites (N-methyl/N-ethyl adjacent to an activating group) is 1. The zero-order valence-electron chi connectivity index (χ0n) is 27.3. The topological polar surface area (TPSA) is 101 Å². The second-order valence-electron chi connectivity index (χ2n) is 15.2. The molecule has 47 heavy (non-hydrogen) atoms. The van der Waals surface area contributed by atoms with Crippen LogP contribution in [0, 0.1) is 5.41 Å². The Bertz CT molecular complexity index is 1910. The van der Waals surface area contributed by atoms with Crippen molar-refractivity contribution in [3.05, 3.63) is 53.1 Å². The van der Waals surface area contributed by atoms with Crippen molar-refractivity contribution in [1.29, 1.82) is 0 Å². The van der Waals surface area contributed by atoms with Crippen LogP contribution in [0.4, 0.5) is 0 Å². The molecule has 3 aliphatic carbocycles. The number of likely N-dealkylation sites (tertiary alicyclic amines) is 1. The second kappa shape index (κ2) is 10.6. The molecule has 4 unspecified atom stereocenters. The summed E-state index contributed by atoms with van der Waals surface area (Å²) in [4.78, 5) is 32.9. The average molecular weight is 657 g/mol. The molecular weight excluding hydrogens is 612 g/mol. The van der Waals surface area contributed by atoms with Gasteiger partial charge >= 0.3 is 0 Å². The fraction of sp³-hybridized carbons (Fsp3) is 0.568. The van der Waals surface area contributed by atoms with Crippen LogP contribution < -0.4 is 9.46 Å². The minimum Gasteiger partial charge on any atom is -0.497 e. The van der Waals surface area contributed by atoms with Crippen molar-refractivity contribution in [2.45, 2.75) is 99.9 Å². The van der Waals surface area contributed by atoms with Crippen LogP contribution in [0.3, 0.4) is 0 Å². The van der Waals surface area contributed by atoms with Crippen LogP contribution in [0.15, 0.2) is 36.4 Å². The molecular formula is C37H44N4O5S. The molecule has 6 aliphatic rings. The summed E-state index contributed by atoms with van der Waals surface area (Å²) in [5, 5.41) is 0.628. The summed E-state index contributed by atoms with van der Waals surface area (Å²) in [5.41, 5.74) is 5.47. The smallest absolute Gasteiger partial charge is 0.264 e. The molecule has 248 valence electrons. The Morgan fingerprint density at radius 1 is 0.936 bits per heavy atom. The van der Waals surface area contributed by atoms with Gasteiger partial charge in [0.2, 0.25) is 15.9 Å². The van der Waals surface area contributed by atoms with Gasteiger partial charge in [-0.3, -0.25) is 14.5 Å². The number of sulfonamides is 1. The lowest BCUT2D eigenvalue weighted by Crippen LogP contribution is -2.55. The highest BCUT2D eigenvalue weighted by molar-refractivity contribution is 7.91. The van der Waals surface area contributed by atoms with Crippen LogP contribution in [0.5, 0.6) is 5.75 Å². The Morgan fingerprint density at radius 3 is 2.38 bits per heavy atom. The average Bonchev–Trinajstić information content (AvgIpc) is 3.99. The number of aromatic nitrogens is 1. The third-order valence-corrected chi connectivity index (χ3v) is 14.4. The van der Waals surface area contributed by atoms with Crippen molar-refractivity contribution in [1.82, 2.24) is 19.1 Å². The molecule has 3 aliphatic heterocycles. The fourth-order valence-corrected chi connectivity index (χ4v) is 11.0. The number of rotatable bonds is 6. The number of fused-ring (bicyclic) bond motifs is 9. The van der Waals surface area contributed by atoms with Crippen LogP contribution in [-0.2, 0) is 21.4 Å². The van der Waals surface area contributed by atoms with Gasteiger partial charge in [0.15, 0.2) is 0 Å². The second-order valence-corrected chi connectivity index (χ2v) is 17.2. The number of benzene rings is 2. The van der Waals surface area contributed by atoms with Crippen LogP contribution in [0.2, 0.25) is 0 Å². The Hall–Kier alpha value is -3.37. The summed E-state index contributed by atoms with van der Waals surface area (Å²) in [6.07, 6.45) is 10.1. The summed E-state index contributed by atoms with van der Waals surface area (Å²) in [7, 11) is 0.213. The first kappa shape index (κ1) is 29.7. The number of hydrogen-bond acceptors (Lipinski definition) is 6. The van der Waals surface area contributed by atoms with Crippen LogP contribution >= 0.6 is 0 Å². The largest absolute Gasteiger partial charge is 0.497 e. The summed E-state index contributed by atoms with van der Waals surface area (Å²) in [6.45, 7) is 2.09. The van der Waals surface area contributed by atoms with E-state index in [1.807, 2.05) is 18.2 Å². The number of piperazine rings is 1. The van der Waals surface area contributed by atoms with Gasteiger partial charge in [-0.1, -0.05) is 25.3 Å². The monoisotopic (exact) mass is 656 g/mol. The van der Waals surface area contributed by atoms with E-state index in [4.69, 9.17) is 4.74 Å². The van der Waals surface area contributed by atoms with Gasteiger partial charge < -0.3 is 14.2 Å². The van der Waals surface area contributed by atoms with Crippen molar-refractivity contribution in [2.75, 3.05) is 27.2 Å². The minimum absolute atomic E-state index is 0.0849. The fourth-order valence-electron chi connectivity index (χ4n) is 9.67. The summed E-state index contributed by atoms with van der Waals surface area (Å²) < 4.78 is 35.8. The lowest BCUT2D eigenvalue weighted by atomic mass is 9.81. The summed E-state index contributed by atoms with van der Waals surface area (Å²) >= 11 is 0. The molecule has 2 bridgehead atoms. The number of carbonyl (C=O) groups is 2. The number of amides is 2. The van der Waals surface area contributed by atoms with Gasteiger partial charge in [0, 0.05) is 59.7 Å². The third kappa shape index (κ3) is 4.60. The van der Waals surface area contributed by atoms with E-state index in [9.17, 15) is 18.0 Å². The van der Waals surface area contributed by atoms with Gasteiger partial charge in [-0.05, 0) is 99.4 Å². The van der Waals surface area contributed by atoms with Crippen LogP contribution in [-0.4, -0.2) is 79.2 Å². The molecule has 0 radical (unpaired) electrons. The molecule has 3 aromatic rings. The number of carbonyl (C=O) groups excluding carboxylic acids is 2. The van der Waals surface area contributed by atoms with Gasteiger partial charge in [-0.2, -0.15) is 0 Å². The molecule has 2 amide bonds. The molecule has 9 nitrogen and oxygen atoms in total. The van der Waals surface area contributed by atoms with Gasteiger partial charge in [0.05, 0.1) is 23.5 Å². The maximum absolute atomic E-state index is 14.8. The standard InChI is InChI=1S/C37H44N4O5S/c1-39-24-9-10-25(39)20-40(19-24)36(43)37-18-31(37)30-17-26(46-2)11-15-28(30)34-33(22-6-4-3-5-7-22)29-14-8-23(16-32(29)41(34)21-37)35(42)38-47(44,45)27-12-13-27/h8,11,14-17,22,24-25,27,31H,3-7,9-10,12-13,18-21H2,1-2H3,(H,38,42). The Labute approximate surface area is 276 Å². The number of nitrogens with one attached hydrogen (secondary N) is 1. The van der Waals surface area contributed by atoms with E-state index < -0.39 is 26.6 Å². The molecule has 0 spiro atoms. The summed E-state index contributed by atoms with van der Waals surface area (Å²) in [5.74, 6) is 0.924. The van der Waals surface area contributed by atoms with Crippen LogP contribution in [0.25, 0.3) is 22.2 Å². The maximum Gasteiger partial charge on any atom is 0.264 e. The third-order valence-electron chi connectivity index (χ3n) is 12.5. The molecule has 1 aromatic heterocycles. The highest BCUT2D eigenvalue weighted by atomic mass is 32.2. The lowest BCUT2D eigenvalue weighted by molar-refractivity contribution is -0.141. The number of ether oxygens (including phenoxy) is 1. The van der Waals surface area contributed by atoms with Gasteiger partial charge in [0.1, 0.15) is 5.75 Å². The first-order chi connectivity index (χ1) is 22.7. The zero-order valence-corrected chi connectivity index (χ0v) is 28.2. The van der Waals surface area contributed by atoms with Gasteiger partial charge in [-0.25, -0.2) is 13.1 Å². The Balaban J connectivity index is 1.21. The zero-order chi connectivity index (χ0) is 32.2. The molecule has 10 heteroatoms. The predicted octanol–water partition coefficient (Wildman–Crippen LogP) is 5.38. The highest BCUT2D eigenvalue weighted by Gasteiger charge is 2.64.